The first kappa shape index (κ1) is 14.9. The molecule has 1 atom stereocenters. The van der Waals surface area contributed by atoms with Crippen LogP contribution < -0.4 is 0 Å². The molecule has 100 valence electrons. The molecule has 0 aromatic heterocycles. The van der Waals surface area contributed by atoms with E-state index in [4.69, 9.17) is 23.2 Å². The van der Waals surface area contributed by atoms with Crippen LogP contribution in [-0.2, 0) is 6.42 Å². The zero-order chi connectivity index (χ0) is 13.8. The molecule has 0 fully saturated rings. The fourth-order valence-corrected chi connectivity index (χ4v) is 2.99. The van der Waals surface area contributed by atoms with Crippen molar-refractivity contribution in [3.63, 3.8) is 0 Å². The zero-order valence-electron chi connectivity index (χ0n) is 10.1. The summed E-state index contributed by atoms with van der Waals surface area (Å²) in [5, 5.41) is 10.9. The fraction of sp³-hybridized carbons (Fsp3) is 0.200. The maximum Gasteiger partial charge on any atom is 0.0502 e. The van der Waals surface area contributed by atoms with Gasteiger partial charge in [-0.05, 0) is 41.8 Å². The number of rotatable bonds is 4. The average Bonchev–Trinajstić information content (AvgIpc) is 2.38. The molecule has 0 aliphatic heterocycles. The molecular weight excluding hydrogens is 347 g/mol. The van der Waals surface area contributed by atoms with Gasteiger partial charge >= 0.3 is 0 Å². The summed E-state index contributed by atoms with van der Waals surface area (Å²) in [5.41, 5.74) is 1.94. The lowest BCUT2D eigenvalue weighted by molar-refractivity contribution is 0.264. The Morgan fingerprint density at radius 1 is 1.05 bits per heavy atom. The molecule has 0 aliphatic carbocycles. The molecule has 0 amide bonds. The van der Waals surface area contributed by atoms with Gasteiger partial charge in [0, 0.05) is 20.4 Å². The van der Waals surface area contributed by atoms with Crippen LogP contribution in [0.5, 0.6) is 0 Å². The largest absolute Gasteiger partial charge is 0.396 e. The van der Waals surface area contributed by atoms with E-state index in [9.17, 15) is 5.11 Å². The van der Waals surface area contributed by atoms with Crippen molar-refractivity contribution in [2.45, 2.75) is 12.3 Å². The highest BCUT2D eigenvalue weighted by Gasteiger charge is 2.15. The van der Waals surface area contributed by atoms with Crippen LogP contribution in [0.3, 0.4) is 0 Å². The highest BCUT2D eigenvalue weighted by molar-refractivity contribution is 9.10. The molecule has 1 unspecified atom stereocenters. The molecule has 0 aliphatic rings. The topological polar surface area (TPSA) is 20.2 Å². The molecule has 0 bridgehead atoms. The van der Waals surface area contributed by atoms with E-state index in [0.29, 0.717) is 16.5 Å². The molecule has 0 saturated heterocycles. The second-order valence-corrected chi connectivity index (χ2v) is 6.07. The van der Waals surface area contributed by atoms with Gasteiger partial charge in [-0.25, -0.2) is 0 Å². The molecular formula is C15H13BrCl2O. The summed E-state index contributed by atoms with van der Waals surface area (Å²) >= 11 is 15.8. The molecule has 0 spiro atoms. The predicted octanol–water partition coefficient (Wildman–Crippen LogP) is 5.07. The molecule has 2 rings (SSSR count). The lowest BCUT2D eigenvalue weighted by Crippen LogP contribution is -2.08. The van der Waals surface area contributed by atoms with E-state index >= 15 is 0 Å². The first-order chi connectivity index (χ1) is 9.11. The summed E-state index contributed by atoms with van der Waals surface area (Å²) in [6.45, 7) is 0.0536. The van der Waals surface area contributed by atoms with Crippen LogP contribution in [0, 0.1) is 0 Å². The standard InChI is InChI=1S/C15H13BrCl2O/c16-12-4-1-3-10(7-12)11(9-19)8-13-14(17)5-2-6-15(13)18/h1-7,11,19H,8-9H2. The Balaban J connectivity index is 2.29. The summed E-state index contributed by atoms with van der Waals surface area (Å²) in [4.78, 5) is 0. The fourth-order valence-electron chi connectivity index (χ4n) is 2.02. The summed E-state index contributed by atoms with van der Waals surface area (Å²) in [6.07, 6.45) is 0.617. The van der Waals surface area contributed by atoms with E-state index in [-0.39, 0.29) is 12.5 Å². The number of aliphatic hydroxyl groups excluding tert-OH is 1. The zero-order valence-corrected chi connectivity index (χ0v) is 13.2. The Hall–Kier alpha value is -0.540. The Morgan fingerprint density at radius 2 is 1.68 bits per heavy atom. The SMILES string of the molecule is OCC(Cc1c(Cl)cccc1Cl)c1cccc(Br)c1. The summed E-state index contributed by atoms with van der Waals surface area (Å²) < 4.78 is 0.994. The third-order valence-electron chi connectivity index (χ3n) is 3.05. The maximum absolute atomic E-state index is 9.61. The molecule has 2 aromatic carbocycles. The van der Waals surface area contributed by atoms with E-state index in [0.717, 1.165) is 15.6 Å². The lowest BCUT2D eigenvalue weighted by Gasteiger charge is -2.17. The van der Waals surface area contributed by atoms with Crippen molar-refractivity contribution >= 4 is 39.1 Å². The van der Waals surface area contributed by atoms with Crippen molar-refractivity contribution in [3.8, 4) is 0 Å². The van der Waals surface area contributed by atoms with Crippen LogP contribution in [-0.4, -0.2) is 11.7 Å². The molecule has 1 N–H and O–H groups in total. The Bertz CT molecular complexity index is 552. The van der Waals surface area contributed by atoms with Gasteiger partial charge in [0.15, 0.2) is 0 Å². The number of hydrogen-bond donors (Lipinski definition) is 1. The van der Waals surface area contributed by atoms with Gasteiger partial charge < -0.3 is 5.11 Å². The normalized spacial score (nSPS) is 12.4. The smallest absolute Gasteiger partial charge is 0.0502 e. The quantitative estimate of drug-likeness (QED) is 0.807. The van der Waals surface area contributed by atoms with E-state index in [2.05, 4.69) is 15.9 Å². The van der Waals surface area contributed by atoms with Crippen molar-refractivity contribution in [1.82, 2.24) is 0 Å². The van der Waals surface area contributed by atoms with Gasteiger partial charge in [0.1, 0.15) is 0 Å². The van der Waals surface area contributed by atoms with Crippen LogP contribution >= 0.6 is 39.1 Å². The predicted molar refractivity (Wildman–Crippen MR) is 84.1 cm³/mol. The molecule has 0 heterocycles. The van der Waals surface area contributed by atoms with Gasteiger partial charge in [0.25, 0.3) is 0 Å². The number of hydrogen-bond acceptors (Lipinski definition) is 1. The summed E-state index contributed by atoms with van der Waals surface area (Å²) in [5.74, 6) is -0.0186. The van der Waals surface area contributed by atoms with Gasteiger partial charge in [0.2, 0.25) is 0 Å². The van der Waals surface area contributed by atoms with E-state index < -0.39 is 0 Å². The lowest BCUT2D eigenvalue weighted by atomic mass is 9.92. The number of benzene rings is 2. The van der Waals surface area contributed by atoms with Gasteiger partial charge in [-0.1, -0.05) is 57.3 Å². The first-order valence-corrected chi connectivity index (χ1v) is 7.46. The molecule has 19 heavy (non-hydrogen) atoms. The van der Waals surface area contributed by atoms with E-state index in [1.807, 2.05) is 42.5 Å². The average molecular weight is 360 g/mol. The van der Waals surface area contributed by atoms with Crippen LogP contribution in [0.25, 0.3) is 0 Å². The van der Waals surface area contributed by atoms with Crippen molar-refractivity contribution in [3.05, 3.63) is 68.1 Å². The van der Waals surface area contributed by atoms with Crippen molar-refractivity contribution in [2.75, 3.05) is 6.61 Å². The third kappa shape index (κ3) is 3.73. The number of aliphatic hydroxyl groups is 1. The molecule has 0 saturated carbocycles. The molecule has 0 radical (unpaired) electrons. The minimum Gasteiger partial charge on any atom is -0.396 e. The Kier molecular flexibility index (Phi) is 5.28. The second kappa shape index (κ2) is 6.76. The Labute approximate surface area is 131 Å². The monoisotopic (exact) mass is 358 g/mol. The summed E-state index contributed by atoms with van der Waals surface area (Å²) in [7, 11) is 0. The second-order valence-electron chi connectivity index (χ2n) is 4.34. The van der Waals surface area contributed by atoms with Crippen molar-refractivity contribution in [1.29, 1.82) is 0 Å². The highest BCUT2D eigenvalue weighted by atomic mass is 79.9. The Morgan fingerprint density at radius 3 is 2.26 bits per heavy atom. The van der Waals surface area contributed by atoms with Crippen LogP contribution in [0.15, 0.2) is 46.9 Å². The van der Waals surface area contributed by atoms with Gasteiger partial charge in [-0.2, -0.15) is 0 Å². The van der Waals surface area contributed by atoms with E-state index in [1.54, 1.807) is 0 Å². The maximum atomic E-state index is 9.61. The van der Waals surface area contributed by atoms with Gasteiger partial charge in [-0.15, -0.1) is 0 Å². The van der Waals surface area contributed by atoms with Crippen LogP contribution in [0.4, 0.5) is 0 Å². The third-order valence-corrected chi connectivity index (χ3v) is 4.25. The van der Waals surface area contributed by atoms with Gasteiger partial charge in [0.05, 0.1) is 6.61 Å². The van der Waals surface area contributed by atoms with E-state index in [1.165, 1.54) is 0 Å². The summed E-state index contributed by atoms with van der Waals surface area (Å²) in [6, 6.07) is 13.4. The minimum atomic E-state index is -0.0186. The van der Waals surface area contributed by atoms with Crippen molar-refractivity contribution in [2.24, 2.45) is 0 Å². The van der Waals surface area contributed by atoms with Crippen molar-refractivity contribution < 1.29 is 5.11 Å². The van der Waals surface area contributed by atoms with Gasteiger partial charge in [-0.3, -0.25) is 0 Å². The number of halogens is 3. The van der Waals surface area contributed by atoms with Crippen LogP contribution in [0.1, 0.15) is 17.0 Å². The molecule has 1 nitrogen and oxygen atoms in total. The molecule has 2 aromatic rings. The molecule has 4 heteroatoms. The minimum absolute atomic E-state index is 0.0186. The first-order valence-electron chi connectivity index (χ1n) is 5.91. The van der Waals surface area contributed by atoms with Crippen LogP contribution in [0.2, 0.25) is 10.0 Å². The highest BCUT2D eigenvalue weighted by Crippen LogP contribution is 2.31.